The Bertz CT molecular complexity index is 647. The minimum absolute atomic E-state index is 0.189. The van der Waals surface area contributed by atoms with E-state index < -0.39 is 7.41 Å². The van der Waals surface area contributed by atoms with Gasteiger partial charge in [-0.3, -0.25) is 10.2 Å². The molecule has 1 aromatic heterocycles. The standard InChI is InChI=1S/C15H17BN4O/c1-12-2-4-13(5-3-12)10-18-19-15(21)14-6-8-20(9-7-14)16-11-17/h2-9,18H,10,16H2,1H3,(H,19,21). The molecule has 106 valence electrons. The average molecular weight is 280 g/mol. The number of pyridine rings is 1. The summed E-state index contributed by atoms with van der Waals surface area (Å²) in [6.07, 6.45) is 3.52. The van der Waals surface area contributed by atoms with Gasteiger partial charge >= 0.3 is 7.41 Å². The van der Waals surface area contributed by atoms with Crippen molar-refractivity contribution in [2.75, 3.05) is 0 Å². The Morgan fingerprint density at radius 1 is 1.24 bits per heavy atom. The number of hydrogen-bond acceptors (Lipinski definition) is 3. The van der Waals surface area contributed by atoms with Gasteiger partial charge in [0.05, 0.1) is 5.56 Å². The molecule has 0 fully saturated rings. The zero-order valence-electron chi connectivity index (χ0n) is 12.1. The molecule has 1 amide bonds. The van der Waals surface area contributed by atoms with Crippen LogP contribution in [-0.4, -0.2) is 13.3 Å². The molecule has 1 aromatic carbocycles. The summed E-state index contributed by atoms with van der Waals surface area (Å²) in [5.41, 5.74) is 8.44. The van der Waals surface area contributed by atoms with E-state index in [1.165, 1.54) is 5.56 Å². The van der Waals surface area contributed by atoms with E-state index in [1.807, 2.05) is 35.7 Å². The van der Waals surface area contributed by atoms with E-state index in [0.29, 0.717) is 12.1 Å². The van der Waals surface area contributed by atoms with Crippen molar-refractivity contribution < 1.29 is 9.27 Å². The molecule has 0 saturated heterocycles. The fraction of sp³-hybridized carbons (Fsp3) is 0.133. The SMILES string of the molecule is Cc1ccc(CNNC(=O)c2cc[n+]([BH2-]C#N)cc2)cc1. The van der Waals surface area contributed by atoms with Crippen LogP contribution < -0.4 is 15.3 Å². The highest BCUT2D eigenvalue weighted by Gasteiger charge is 2.05. The van der Waals surface area contributed by atoms with Crippen LogP contribution in [0.1, 0.15) is 21.5 Å². The Labute approximate surface area is 124 Å². The molecule has 0 unspecified atom stereocenters. The van der Waals surface area contributed by atoms with Gasteiger partial charge in [-0.1, -0.05) is 35.8 Å². The van der Waals surface area contributed by atoms with Crippen molar-refractivity contribution in [2.45, 2.75) is 13.5 Å². The van der Waals surface area contributed by atoms with Crippen LogP contribution in [-0.2, 0) is 6.54 Å². The van der Waals surface area contributed by atoms with Gasteiger partial charge in [0, 0.05) is 18.7 Å². The van der Waals surface area contributed by atoms with Gasteiger partial charge in [-0.15, -0.1) is 0 Å². The highest BCUT2D eigenvalue weighted by atomic mass is 16.2. The van der Waals surface area contributed by atoms with Crippen molar-refractivity contribution in [3.63, 3.8) is 0 Å². The van der Waals surface area contributed by atoms with Crippen molar-refractivity contribution in [1.82, 2.24) is 10.9 Å². The highest BCUT2D eigenvalue weighted by Crippen LogP contribution is 2.02. The maximum Gasteiger partial charge on any atom is 0.349 e. The summed E-state index contributed by atoms with van der Waals surface area (Å²) in [5, 5.41) is 8.64. The zero-order chi connectivity index (χ0) is 15.1. The lowest BCUT2D eigenvalue weighted by Crippen LogP contribution is -2.40. The Hall–Kier alpha value is -2.65. The van der Waals surface area contributed by atoms with Crippen molar-refractivity contribution in [1.29, 1.82) is 5.26 Å². The van der Waals surface area contributed by atoms with E-state index in [4.69, 9.17) is 5.26 Å². The van der Waals surface area contributed by atoms with Crippen molar-refractivity contribution >= 4 is 13.3 Å². The predicted octanol–water partition coefficient (Wildman–Crippen LogP) is 0.130. The zero-order valence-corrected chi connectivity index (χ0v) is 12.1. The number of nitriles is 1. The lowest BCUT2D eigenvalue weighted by molar-refractivity contribution is -0.527. The van der Waals surface area contributed by atoms with Crippen LogP contribution in [0.15, 0.2) is 48.8 Å². The van der Waals surface area contributed by atoms with Crippen LogP contribution in [0.25, 0.3) is 0 Å². The minimum atomic E-state index is -0.802. The summed E-state index contributed by atoms with van der Waals surface area (Å²) in [6, 6.07) is 11.5. The molecule has 0 aliphatic rings. The third-order valence-electron chi connectivity index (χ3n) is 3.21. The first-order valence-electron chi connectivity index (χ1n) is 6.91. The number of nitrogens with zero attached hydrogens (tertiary/aromatic N) is 2. The van der Waals surface area contributed by atoms with Gasteiger partial charge in [0.2, 0.25) is 0 Å². The summed E-state index contributed by atoms with van der Waals surface area (Å²) >= 11 is 0. The quantitative estimate of drug-likeness (QED) is 0.604. The summed E-state index contributed by atoms with van der Waals surface area (Å²) < 4.78 is 1.83. The lowest BCUT2D eigenvalue weighted by Gasteiger charge is -2.08. The summed E-state index contributed by atoms with van der Waals surface area (Å²) in [6.45, 7) is 2.61. The van der Waals surface area contributed by atoms with E-state index in [9.17, 15) is 4.79 Å². The first-order chi connectivity index (χ1) is 10.2. The van der Waals surface area contributed by atoms with Gasteiger partial charge in [-0.05, 0) is 12.5 Å². The van der Waals surface area contributed by atoms with Gasteiger partial charge in [0.1, 0.15) is 12.4 Å². The maximum absolute atomic E-state index is 11.9. The number of aromatic nitrogens is 1. The first-order valence-corrected chi connectivity index (χ1v) is 6.91. The van der Waals surface area contributed by atoms with E-state index in [0.717, 1.165) is 5.56 Å². The molecule has 0 radical (unpaired) electrons. The van der Waals surface area contributed by atoms with Gasteiger partial charge in [0.25, 0.3) is 5.91 Å². The molecule has 5 nitrogen and oxygen atoms in total. The molecule has 2 aromatic rings. The van der Waals surface area contributed by atoms with Crippen LogP contribution in [0.2, 0.25) is 0 Å². The molecule has 2 N–H and O–H groups in total. The topological polar surface area (TPSA) is 68.8 Å². The van der Waals surface area contributed by atoms with Crippen LogP contribution in [0.4, 0.5) is 0 Å². The first kappa shape index (κ1) is 14.8. The highest BCUT2D eigenvalue weighted by molar-refractivity contribution is 6.35. The molecule has 1 heterocycles. The molecular weight excluding hydrogens is 263 g/mol. The molecule has 2 rings (SSSR count). The number of carbonyl (C=O) groups excluding carboxylic acids is 1. The Balaban J connectivity index is 1.84. The van der Waals surface area contributed by atoms with E-state index in [1.54, 1.807) is 24.5 Å². The molecular formula is C15H17BN4O. The number of aryl methyl sites for hydroxylation is 1. The molecule has 21 heavy (non-hydrogen) atoms. The van der Waals surface area contributed by atoms with Crippen LogP contribution in [0.5, 0.6) is 0 Å². The number of hydrogen-bond donors (Lipinski definition) is 2. The molecule has 0 saturated carbocycles. The molecule has 6 heteroatoms. The Morgan fingerprint density at radius 2 is 1.90 bits per heavy atom. The smallest absolute Gasteiger partial charge is 0.349 e. The number of amides is 1. The van der Waals surface area contributed by atoms with Gasteiger partial charge in [0.15, 0.2) is 0 Å². The molecule has 0 bridgehead atoms. The second-order valence-electron chi connectivity index (χ2n) is 4.99. The van der Waals surface area contributed by atoms with Crippen molar-refractivity contribution in [3.05, 3.63) is 65.5 Å². The normalized spacial score (nSPS) is 9.90. The van der Waals surface area contributed by atoms with Crippen LogP contribution >= 0.6 is 0 Å². The number of nitrogens with one attached hydrogen (secondary N) is 2. The van der Waals surface area contributed by atoms with E-state index in [2.05, 4.69) is 16.8 Å². The maximum atomic E-state index is 11.9. The van der Waals surface area contributed by atoms with E-state index >= 15 is 0 Å². The minimum Gasteiger partial charge on any atom is -0.420 e. The summed E-state index contributed by atoms with van der Waals surface area (Å²) in [7, 11) is -0.802. The second-order valence-corrected chi connectivity index (χ2v) is 4.99. The second kappa shape index (κ2) is 7.22. The molecule has 0 spiro atoms. The third-order valence-corrected chi connectivity index (χ3v) is 3.21. The monoisotopic (exact) mass is 280 g/mol. The fourth-order valence-corrected chi connectivity index (χ4v) is 1.92. The van der Waals surface area contributed by atoms with E-state index in [-0.39, 0.29) is 5.91 Å². The third kappa shape index (κ3) is 4.44. The van der Waals surface area contributed by atoms with Gasteiger partial charge < -0.3 is 4.48 Å². The number of hydrazine groups is 1. The van der Waals surface area contributed by atoms with Crippen molar-refractivity contribution in [2.24, 2.45) is 0 Å². The van der Waals surface area contributed by atoms with Gasteiger partial charge in [-0.2, -0.15) is 0 Å². The molecule has 0 atom stereocenters. The molecule has 0 aliphatic heterocycles. The van der Waals surface area contributed by atoms with Crippen LogP contribution in [0, 0.1) is 18.2 Å². The summed E-state index contributed by atoms with van der Waals surface area (Å²) in [5.74, 6) is 1.98. The van der Waals surface area contributed by atoms with Crippen molar-refractivity contribution in [3.8, 4) is 5.97 Å². The molecule has 0 aliphatic carbocycles. The largest absolute Gasteiger partial charge is 0.420 e. The number of benzene rings is 1. The van der Waals surface area contributed by atoms with Gasteiger partial charge in [-0.25, -0.2) is 10.7 Å². The summed E-state index contributed by atoms with van der Waals surface area (Å²) in [4.78, 5) is 11.9. The fourth-order valence-electron chi connectivity index (χ4n) is 1.92. The lowest BCUT2D eigenvalue weighted by atomic mass is 9.98. The van der Waals surface area contributed by atoms with Crippen LogP contribution in [0.3, 0.4) is 0 Å². The number of carbonyl (C=O) groups is 1. The Morgan fingerprint density at radius 3 is 2.52 bits per heavy atom. The predicted molar refractivity (Wildman–Crippen MR) is 81.7 cm³/mol. The average Bonchev–Trinajstić information content (AvgIpc) is 2.50. The Kier molecular flexibility index (Phi) is 5.07. The number of rotatable bonds is 5.